The minimum Gasteiger partial charge on any atom is -0.393 e. The molecule has 0 spiro atoms. The largest absolute Gasteiger partial charge is 0.393 e. The Labute approximate surface area is 108 Å². The number of carbonyl (C=O) groups is 1. The van der Waals surface area contributed by atoms with Gasteiger partial charge in [-0.25, -0.2) is 4.79 Å². The first-order chi connectivity index (χ1) is 8.52. The van der Waals surface area contributed by atoms with Crippen molar-refractivity contribution in [3.05, 3.63) is 22.7 Å². The summed E-state index contributed by atoms with van der Waals surface area (Å²) in [6, 6.07) is 1.53. The molecular formula is C10H14N4O3S. The maximum Gasteiger partial charge on any atom is 0.350 e. The van der Waals surface area contributed by atoms with Crippen LogP contribution >= 0.6 is 11.8 Å². The van der Waals surface area contributed by atoms with Crippen LogP contribution in [0, 0.1) is 0 Å². The molecule has 0 unspecified atom stereocenters. The van der Waals surface area contributed by atoms with E-state index in [-0.39, 0.29) is 29.1 Å². The van der Waals surface area contributed by atoms with E-state index in [1.54, 1.807) is 6.20 Å². The summed E-state index contributed by atoms with van der Waals surface area (Å²) in [6.45, 7) is 1.67. The zero-order valence-electron chi connectivity index (χ0n) is 9.81. The maximum atomic E-state index is 11.7. The number of amides is 1. The normalized spacial score (nSPS) is 23.3. The second-order valence-corrected chi connectivity index (χ2v) is 5.30. The molecule has 1 aliphatic rings. The Morgan fingerprint density at radius 3 is 2.94 bits per heavy atom. The lowest BCUT2D eigenvalue weighted by atomic mass is 10.4. The zero-order chi connectivity index (χ0) is 13.3. The number of hydrogen-bond donors (Lipinski definition) is 2. The zero-order valence-corrected chi connectivity index (χ0v) is 10.6. The first-order valence-corrected chi connectivity index (χ1v) is 6.35. The predicted molar refractivity (Wildman–Crippen MR) is 67.8 cm³/mol. The topological polar surface area (TPSA) is 101 Å². The van der Waals surface area contributed by atoms with Crippen LogP contribution in [0.3, 0.4) is 0 Å². The number of anilines is 1. The second-order valence-electron chi connectivity index (χ2n) is 3.94. The molecule has 2 rings (SSSR count). The van der Waals surface area contributed by atoms with Gasteiger partial charge in [0.25, 0.3) is 0 Å². The number of nitrogens with zero attached hydrogens (tertiary/aromatic N) is 3. The molecule has 2 heterocycles. The summed E-state index contributed by atoms with van der Waals surface area (Å²) in [6.07, 6.45) is 1.56. The van der Waals surface area contributed by atoms with Crippen LogP contribution in [0.15, 0.2) is 17.1 Å². The van der Waals surface area contributed by atoms with E-state index in [1.165, 1.54) is 34.2 Å². The van der Waals surface area contributed by atoms with Crippen LogP contribution < -0.4 is 11.4 Å². The summed E-state index contributed by atoms with van der Waals surface area (Å²) in [4.78, 5) is 28.3. The van der Waals surface area contributed by atoms with Crippen molar-refractivity contribution in [1.82, 2.24) is 14.5 Å². The second kappa shape index (κ2) is 4.99. The fourth-order valence-corrected chi connectivity index (χ4v) is 3.22. The molecule has 1 fully saturated rings. The van der Waals surface area contributed by atoms with Crippen molar-refractivity contribution in [2.24, 2.45) is 0 Å². The summed E-state index contributed by atoms with van der Waals surface area (Å²) in [5, 5.41) is 8.66. The van der Waals surface area contributed by atoms with Gasteiger partial charge in [-0.15, -0.1) is 11.8 Å². The third kappa shape index (κ3) is 2.34. The van der Waals surface area contributed by atoms with Crippen molar-refractivity contribution in [2.45, 2.75) is 17.7 Å². The fourth-order valence-electron chi connectivity index (χ4n) is 1.86. The highest BCUT2D eigenvalue weighted by atomic mass is 32.2. The van der Waals surface area contributed by atoms with Crippen molar-refractivity contribution in [3.8, 4) is 0 Å². The smallest absolute Gasteiger partial charge is 0.350 e. The average molecular weight is 270 g/mol. The molecule has 1 aromatic heterocycles. The van der Waals surface area contributed by atoms with E-state index >= 15 is 0 Å². The average Bonchev–Trinajstić information content (AvgIpc) is 2.73. The standard InChI is InChI=1S/C10H14N4O3S/c1-6(16)14-4-8(18-9(14)5-15)13-3-2-7(11)12-10(13)17/h2-3,8-9,15H,4-5H2,1H3,(H2,11,12,17)/t8-,9+/m0/s1. The molecule has 0 aromatic carbocycles. The van der Waals surface area contributed by atoms with Crippen molar-refractivity contribution >= 4 is 23.5 Å². The van der Waals surface area contributed by atoms with Crippen LogP contribution in [-0.2, 0) is 4.79 Å². The van der Waals surface area contributed by atoms with Gasteiger partial charge in [-0.1, -0.05) is 0 Å². The quantitative estimate of drug-likeness (QED) is 0.732. The van der Waals surface area contributed by atoms with Crippen molar-refractivity contribution in [3.63, 3.8) is 0 Å². The number of rotatable bonds is 2. The molecule has 98 valence electrons. The first kappa shape index (κ1) is 12.9. The van der Waals surface area contributed by atoms with Crippen LogP contribution in [0.5, 0.6) is 0 Å². The van der Waals surface area contributed by atoms with Crippen LogP contribution in [0.25, 0.3) is 0 Å². The Morgan fingerprint density at radius 2 is 2.44 bits per heavy atom. The Morgan fingerprint density at radius 1 is 1.72 bits per heavy atom. The molecule has 1 amide bonds. The Hall–Kier alpha value is -1.54. The maximum absolute atomic E-state index is 11.7. The molecule has 1 aromatic rings. The molecule has 0 saturated carbocycles. The lowest BCUT2D eigenvalue weighted by molar-refractivity contribution is -0.129. The molecule has 7 nitrogen and oxygen atoms in total. The van der Waals surface area contributed by atoms with Crippen molar-refractivity contribution in [2.75, 3.05) is 18.9 Å². The van der Waals surface area contributed by atoms with E-state index < -0.39 is 5.69 Å². The van der Waals surface area contributed by atoms with Gasteiger partial charge in [-0.2, -0.15) is 4.98 Å². The Bertz CT molecular complexity index is 518. The number of aliphatic hydroxyl groups excluding tert-OH is 1. The minimum absolute atomic E-state index is 0.125. The number of nitrogen functional groups attached to an aromatic ring is 1. The van der Waals surface area contributed by atoms with Gasteiger partial charge in [-0.3, -0.25) is 9.36 Å². The number of nitrogens with two attached hydrogens (primary N) is 1. The van der Waals surface area contributed by atoms with E-state index in [4.69, 9.17) is 5.73 Å². The summed E-state index contributed by atoms with van der Waals surface area (Å²) in [5.41, 5.74) is 4.97. The highest BCUT2D eigenvalue weighted by Crippen LogP contribution is 2.36. The van der Waals surface area contributed by atoms with Crippen molar-refractivity contribution in [1.29, 1.82) is 0 Å². The van der Waals surface area contributed by atoms with Gasteiger partial charge in [0.15, 0.2) is 0 Å². The first-order valence-electron chi connectivity index (χ1n) is 5.41. The third-order valence-electron chi connectivity index (χ3n) is 2.74. The summed E-state index contributed by atoms with van der Waals surface area (Å²) in [5.74, 6) is 0.0434. The molecule has 0 radical (unpaired) electrons. The molecule has 0 bridgehead atoms. The van der Waals surface area contributed by atoms with E-state index in [0.717, 1.165) is 0 Å². The van der Waals surface area contributed by atoms with E-state index in [0.29, 0.717) is 6.54 Å². The van der Waals surface area contributed by atoms with Crippen LogP contribution in [0.1, 0.15) is 12.3 Å². The highest BCUT2D eigenvalue weighted by Gasteiger charge is 2.35. The van der Waals surface area contributed by atoms with E-state index in [9.17, 15) is 14.7 Å². The monoisotopic (exact) mass is 270 g/mol. The van der Waals surface area contributed by atoms with Gasteiger partial charge in [0.1, 0.15) is 16.6 Å². The fraction of sp³-hybridized carbons (Fsp3) is 0.500. The molecule has 1 saturated heterocycles. The molecule has 2 atom stereocenters. The van der Waals surface area contributed by atoms with Crippen molar-refractivity contribution < 1.29 is 9.90 Å². The highest BCUT2D eigenvalue weighted by molar-refractivity contribution is 8.00. The van der Waals surface area contributed by atoms with Gasteiger partial charge in [-0.05, 0) is 6.07 Å². The lowest BCUT2D eigenvalue weighted by Gasteiger charge is -2.19. The van der Waals surface area contributed by atoms with Crippen LogP contribution in [0.2, 0.25) is 0 Å². The predicted octanol–water partition coefficient (Wildman–Crippen LogP) is -0.762. The lowest BCUT2D eigenvalue weighted by Crippen LogP contribution is -2.36. The molecular weight excluding hydrogens is 256 g/mol. The number of thioether (sulfide) groups is 1. The SMILES string of the molecule is CC(=O)N1C[C@@H](n2ccc(N)nc2=O)S[C@@H]1CO. The molecule has 18 heavy (non-hydrogen) atoms. The van der Waals surface area contributed by atoms with E-state index in [1.807, 2.05) is 0 Å². The summed E-state index contributed by atoms with van der Waals surface area (Å²) in [7, 11) is 0. The van der Waals surface area contributed by atoms with E-state index in [2.05, 4.69) is 4.98 Å². The van der Waals surface area contributed by atoms with Gasteiger partial charge in [0, 0.05) is 13.1 Å². The summed E-state index contributed by atoms with van der Waals surface area (Å²) < 4.78 is 1.42. The number of aliphatic hydroxyl groups is 1. The van der Waals surface area contributed by atoms with Crippen LogP contribution in [-0.4, -0.2) is 44.0 Å². The number of carbonyl (C=O) groups excluding carboxylic acids is 1. The molecule has 0 aliphatic carbocycles. The van der Waals surface area contributed by atoms with Crippen LogP contribution in [0.4, 0.5) is 5.82 Å². The molecule has 1 aliphatic heterocycles. The van der Waals surface area contributed by atoms with Gasteiger partial charge < -0.3 is 15.7 Å². The minimum atomic E-state index is -0.449. The van der Waals surface area contributed by atoms with Gasteiger partial charge >= 0.3 is 5.69 Å². The van der Waals surface area contributed by atoms with Gasteiger partial charge in [0.2, 0.25) is 5.91 Å². The number of aromatic nitrogens is 2. The Kier molecular flexibility index (Phi) is 3.58. The van der Waals surface area contributed by atoms with Gasteiger partial charge in [0.05, 0.1) is 13.2 Å². The Balaban J connectivity index is 2.26. The number of hydrogen-bond acceptors (Lipinski definition) is 6. The summed E-state index contributed by atoms with van der Waals surface area (Å²) >= 11 is 1.36. The molecule has 3 N–H and O–H groups in total. The third-order valence-corrected chi connectivity index (χ3v) is 4.15. The molecule has 8 heteroatoms.